The van der Waals surface area contributed by atoms with Gasteiger partial charge in [0.25, 0.3) is 0 Å². The van der Waals surface area contributed by atoms with Crippen molar-refractivity contribution in [3.63, 3.8) is 0 Å². The van der Waals surface area contributed by atoms with Crippen molar-refractivity contribution in [1.82, 2.24) is 0 Å². The van der Waals surface area contributed by atoms with E-state index in [1.165, 1.54) is 6.07 Å². The zero-order chi connectivity index (χ0) is 22.3. The number of hydrogen-bond donors (Lipinski definition) is 1. The highest BCUT2D eigenvalue weighted by molar-refractivity contribution is 6.33. The summed E-state index contributed by atoms with van der Waals surface area (Å²) in [4.78, 5) is 15.2. The van der Waals surface area contributed by atoms with Crippen LogP contribution in [0.1, 0.15) is 15.9 Å². The van der Waals surface area contributed by atoms with Gasteiger partial charge in [-0.1, -0.05) is 29.8 Å². The Balaban J connectivity index is 1.83. The van der Waals surface area contributed by atoms with E-state index in [1.54, 1.807) is 36.2 Å². The van der Waals surface area contributed by atoms with Gasteiger partial charge in [-0.3, -0.25) is 4.79 Å². The van der Waals surface area contributed by atoms with E-state index >= 15 is 0 Å². The van der Waals surface area contributed by atoms with Gasteiger partial charge in [0.1, 0.15) is 12.0 Å². The molecule has 0 radical (unpaired) electrons. The molecule has 0 bridgehead atoms. The predicted octanol–water partition coefficient (Wildman–Crippen LogP) is 5.48. The van der Waals surface area contributed by atoms with Crippen LogP contribution in [0.5, 0.6) is 0 Å². The minimum Gasteiger partial charge on any atom is -0.366 e. The Kier molecular flexibility index (Phi) is 5.58. The number of amides is 1. The van der Waals surface area contributed by atoms with Crippen molar-refractivity contribution < 1.29 is 13.6 Å². The number of anilines is 3. The molecule has 1 aliphatic rings. The zero-order valence-corrected chi connectivity index (χ0v) is 18.0. The first-order valence-electron chi connectivity index (χ1n) is 9.88. The molecule has 1 fully saturated rings. The highest BCUT2D eigenvalue weighted by Gasteiger charge is 2.30. The Hall–Kier alpha value is -3.12. The summed E-state index contributed by atoms with van der Waals surface area (Å²) in [5, 5.41) is 0.287. The molecule has 3 aromatic rings. The normalized spacial score (nSPS) is 13.8. The summed E-state index contributed by atoms with van der Waals surface area (Å²) >= 11 is 6.27. The lowest BCUT2D eigenvalue weighted by Crippen LogP contribution is -2.48. The Morgan fingerprint density at radius 2 is 1.90 bits per heavy atom. The fourth-order valence-electron chi connectivity index (χ4n) is 3.87. The molecular weight excluding hydrogens is 420 g/mol. The fourth-order valence-corrected chi connectivity index (χ4v) is 4.16. The van der Waals surface area contributed by atoms with Crippen LogP contribution >= 0.6 is 11.6 Å². The van der Waals surface area contributed by atoms with Crippen LogP contribution < -0.4 is 15.5 Å². The van der Waals surface area contributed by atoms with E-state index in [-0.39, 0.29) is 23.8 Å². The van der Waals surface area contributed by atoms with E-state index in [9.17, 15) is 13.6 Å². The highest BCUT2D eigenvalue weighted by Crippen LogP contribution is 2.42. The van der Waals surface area contributed by atoms with E-state index in [1.807, 2.05) is 36.1 Å². The molecule has 2 N–H and O–H groups in total. The number of nitrogens with two attached hydrogens (primary N) is 1. The molecule has 0 saturated carbocycles. The largest absolute Gasteiger partial charge is 0.366 e. The molecule has 1 aliphatic heterocycles. The van der Waals surface area contributed by atoms with Crippen LogP contribution in [0.4, 0.5) is 25.8 Å². The van der Waals surface area contributed by atoms with Gasteiger partial charge in [-0.2, -0.15) is 0 Å². The van der Waals surface area contributed by atoms with Gasteiger partial charge in [0.15, 0.2) is 0 Å². The summed E-state index contributed by atoms with van der Waals surface area (Å²) in [6.45, 7) is 2.46. The Bertz CT molecular complexity index is 1140. The molecule has 3 aromatic carbocycles. The second-order valence-electron chi connectivity index (χ2n) is 7.73. The molecule has 1 heterocycles. The highest BCUT2D eigenvalue weighted by atomic mass is 35.5. The van der Waals surface area contributed by atoms with Crippen LogP contribution in [0.15, 0.2) is 54.6 Å². The van der Waals surface area contributed by atoms with Gasteiger partial charge in [0, 0.05) is 12.6 Å². The number of nitrogens with zero attached hydrogens (tertiary/aromatic N) is 2. The second kappa shape index (κ2) is 8.19. The number of para-hydroxylation sites is 1. The van der Waals surface area contributed by atoms with Crippen molar-refractivity contribution in [2.24, 2.45) is 5.73 Å². The van der Waals surface area contributed by atoms with Crippen LogP contribution in [-0.4, -0.2) is 32.2 Å². The quantitative estimate of drug-likeness (QED) is 0.570. The van der Waals surface area contributed by atoms with E-state index in [0.717, 1.165) is 22.4 Å². The summed E-state index contributed by atoms with van der Waals surface area (Å²) in [6.07, 6.45) is -0.904. The molecule has 4 rings (SSSR count). The maximum Gasteiger partial charge on any atom is 0.248 e. The summed E-state index contributed by atoms with van der Waals surface area (Å²) in [5.41, 5.74) is 10.3. The number of benzene rings is 3. The molecule has 0 aliphatic carbocycles. The van der Waals surface area contributed by atoms with Gasteiger partial charge in [-0.05, 0) is 60.0 Å². The van der Waals surface area contributed by atoms with E-state index in [4.69, 9.17) is 17.3 Å². The fraction of sp³-hybridized carbons (Fsp3) is 0.208. The molecule has 0 aromatic heterocycles. The molecular formula is C24H22ClF2N3O. The maximum atomic E-state index is 14.6. The van der Waals surface area contributed by atoms with Crippen molar-refractivity contribution in [1.29, 1.82) is 0 Å². The number of rotatable bonds is 5. The molecule has 1 amide bonds. The Morgan fingerprint density at radius 3 is 2.55 bits per heavy atom. The summed E-state index contributed by atoms with van der Waals surface area (Å²) in [7, 11) is 1.73. The molecule has 4 nitrogen and oxygen atoms in total. The standard InChI is InChI=1S/C24H22ClF2N3O/c1-14-6-7-16(24(28)31)10-18(14)15-8-9-21(22(11-15)30-12-17(26)13-30)29(2)23-19(25)4-3-5-20(23)27/h3-11,17H,12-13H2,1-2H3,(H2,28,31). The first-order chi connectivity index (χ1) is 14.8. The van der Waals surface area contributed by atoms with Crippen LogP contribution in [0.25, 0.3) is 11.1 Å². The van der Waals surface area contributed by atoms with Crippen molar-refractivity contribution in [2.45, 2.75) is 13.1 Å². The van der Waals surface area contributed by atoms with Crippen LogP contribution in [0.3, 0.4) is 0 Å². The number of hydrogen-bond acceptors (Lipinski definition) is 3. The van der Waals surface area contributed by atoms with Gasteiger partial charge >= 0.3 is 0 Å². The molecule has 0 spiro atoms. The molecule has 31 heavy (non-hydrogen) atoms. The number of primary amides is 1. The second-order valence-corrected chi connectivity index (χ2v) is 8.14. The topological polar surface area (TPSA) is 49.6 Å². The lowest BCUT2D eigenvalue weighted by atomic mass is 9.96. The average Bonchev–Trinajstić information content (AvgIpc) is 2.71. The lowest BCUT2D eigenvalue weighted by molar-refractivity contribution is 0.100. The van der Waals surface area contributed by atoms with Gasteiger partial charge in [0.05, 0.1) is 35.2 Å². The monoisotopic (exact) mass is 441 g/mol. The summed E-state index contributed by atoms with van der Waals surface area (Å²) < 4.78 is 28.2. The number of aryl methyl sites for hydroxylation is 1. The van der Waals surface area contributed by atoms with E-state index < -0.39 is 17.9 Å². The molecule has 0 atom stereocenters. The average molecular weight is 442 g/mol. The lowest BCUT2D eigenvalue weighted by Gasteiger charge is -2.39. The van der Waals surface area contributed by atoms with Crippen molar-refractivity contribution in [2.75, 3.05) is 29.9 Å². The predicted molar refractivity (Wildman–Crippen MR) is 122 cm³/mol. The molecule has 7 heteroatoms. The third-order valence-electron chi connectivity index (χ3n) is 5.62. The molecule has 0 unspecified atom stereocenters. The van der Waals surface area contributed by atoms with E-state index in [0.29, 0.717) is 11.3 Å². The number of halogens is 3. The van der Waals surface area contributed by atoms with Gasteiger partial charge < -0.3 is 15.5 Å². The van der Waals surface area contributed by atoms with Gasteiger partial charge in [-0.15, -0.1) is 0 Å². The van der Waals surface area contributed by atoms with Crippen molar-refractivity contribution >= 4 is 34.6 Å². The van der Waals surface area contributed by atoms with Crippen LogP contribution in [-0.2, 0) is 0 Å². The SMILES string of the molecule is Cc1ccc(C(N)=O)cc1-c1ccc(N(C)c2c(F)cccc2Cl)c(N2CC(F)C2)c1. The first-order valence-corrected chi connectivity index (χ1v) is 10.3. The third-order valence-corrected chi connectivity index (χ3v) is 5.93. The number of carbonyl (C=O) groups excluding carboxylic acids is 1. The van der Waals surface area contributed by atoms with E-state index in [2.05, 4.69) is 0 Å². The minimum atomic E-state index is -0.904. The Labute approximate surface area is 184 Å². The molecule has 160 valence electrons. The third kappa shape index (κ3) is 3.95. The first kappa shape index (κ1) is 21.1. The smallest absolute Gasteiger partial charge is 0.248 e. The van der Waals surface area contributed by atoms with Crippen LogP contribution in [0.2, 0.25) is 5.02 Å². The van der Waals surface area contributed by atoms with Gasteiger partial charge in [0.2, 0.25) is 5.91 Å². The van der Waals surface area contributed by atoms with Crippen molar-refractivity contribution in [3.8, 4) is 11.1 Å². The molecule has 1 saturated heterocycles. The maximum absolute atomic E-state index is 14.6. The number of alkyl halides is 1. The summed E-state index contributed by atoms with van der Waals surface area (Å²) in [5.74, 6) is -0.947. The summed E-state index contributed by atoms with van der Waals surface area (Å²) in [6, 6.07) is 15.5. The van der Waals surface area contributed by atoms with Crippen LogP contribution in [0, 0.1) is 12.7 Å². The van der Waals surface area contributed by atoms with Gasteiger partial charge in [-0.25, -0.2) is 8.78 Å². The van der Waals surface area contributed by atoms with Crippen molar-refractivity contribution in [3.05, 3.63) is 76.6 Å². The Morgan fingerprint density at radius 1 is 1.16 bits per heavy atom. The minimum absolute atomic E-state index is 0.252. The number of carbonyl (C=O) groups is 1. The zero-order valence-electron chi connectivity index (χ0n) is 17.2.